The summed E-state index contributed by atoms with van der Waals surface area (Å²) < 4.78 is 13.3. The van der Waals surface area contributed by atoms with E-state index < -0.39 is 0 Å². The molecule has 1 spiro atoms. The standard InChI is InChI=1S/C20H27FN4.HI/c1-2-22-19(25-11-9-20(14-25)7-3-8-20)23-10-6-15-13-24-18-12-16(21)4-5-17(15)18;/h4-5,12-13,24H,2-3,6-11,14H2,1H3,(H,22,23);1H. The van der Waals surface area contributed by atoms with E-state index in [1.54, 1.807) is 6.07 Å². The fraction of sp³-hybridized carbons (Fsp3) is 0.550. The molecule has 142 valence electrons. The smallest absolute Gasteiger partial charge is 0.193 e. The van der Waals surface area contributed by atoms with Crippen LogP contribution >= 0.6 is 24.0 Å². The number of halogens is 2. The van der Waals surface area contributed by atoms with Crippen molar-refractivity contribution >= 4 is 40.8 Å². The molecular formula is C20H28FIN4. The number of fused-ring (bicyclic) bond motifs is 1. The second-order valence-corrected chi connectivity index (χ2v) is 7.51. The largest absolute Gasteiger partial charge is 0.361 e. The van der Waals surface area contributed by atoms with Crippen LogP contribution in [-0.4, -0.2) is 42.0 Å². The van der Waals surface area contributed by atoms with Crippen molar-refractivity contribution in [2.75, 3.05) is 26.2 Å². The Labute approximate surface area is 171 Å². The predicted octanol–water partition coefficient (Wildman–Crippen LogP) is 4.31. The minimum absolute atomic E-state index is 0. The highest BCUT2D eigenvalue weighted by Gasteiger charge is 2.43. The van der Waals surface area contributed by atoms with Crippen molar-refractivity contribution in [1.29, 1.82) is 0 Å². The molecular weight excluding hydrogens is 442 g/mol. The van der Waals surface area contributed by atoms with Crippen LogP contribution in [0.3, 0.4) is 0 Å². The second-order valence-electron chi connectivity index (χ2n) is 7.51. The van der Waals surface area contributed by atoms with E-state index in [1.165, 1.54) is 37.3 Å². The van der Waals surface area contributed by atoms with Gasteiger partial charge in [-0.1, -0.05) is 6.42 Å². The maximum Gasteiger partial charge on any atom is 0.193 e. The zero-order chi connectivity index (χ0) is 17.3. The average Bonchev–Trinajstić information content (AvgIpc) is 3.18. The molecule has 2 heterocycles. The summed E-state index contributed by atoms with van der Waals surface area (Å²) in [6, 6.07) is 4.93. The van der Waals surface area contributed by atoms with Gasteiger partial charge in [0.15, 0.2) is 5.96 Å². The minimum atomic E-state index is -0.202. The Morgan fingerprint density at radius 1 is 1.35 bits per heavy atom. The maximum absolute atomic E-state index is 13.3. The molecule has 4 nitrogen and oxygen atoms in total. The minimum Gasteiger partial charge on any atom is -0.361 e. The van der Waals surface area contributed by atoms with Gasteiger partial charge < -0.3 is 15.2 Å². The van der Waals surface area contributed by atoms with Crippen molar-refractivity contribution in [3.8, 4) is 0 Å². The van der Waals surface area contributed by atoms with Gasteiger partial charge >= 0.3 is 0 Å². The normalized spacial score (nSPS) is 18.8. The van der Waals surface area contributed by atoms with Crippen LogP contribution in [0, 0.1) is 11.2 Å². The van der Waals surface area contributed by atoms with E-state index in [2.05, 4.69) is 22.1 Å². The van der Waals surface area contributed by atoms with E-state index in [1.807, 2.05) is 12.3 Å². The van der Waals surface area contributed by atoms with Crippen LogP contribution in [0.2, 0.25) is 0 Å². The summed E-state index contributed by atoms with van der Waals surface area (Å²) in [7, 11) is 0. The van der Waals surface area contributed by atoms with E-state index in [4.69, 9.17) is 4.99 Å². The number of likely N-dealkylation sites (tertiary alicyclic amines) is 1. The monoisotopic (exact) mass is 470 g/mol. The van der Waals surface area contributed by atoms with Crippen LogP contribution in [0.25, 0.3) is 10.9 Å². The van der Waals surface area contributed by atoms with E-state index in [-0.39, 0.29) is 29.8 Å². The molecule has 0 unspecified atom stereocenters. The molecule has 1 aromatic carbocycles. The highest BCUT2D eigenvalue weighted by Crippen LogP contribution is 2.47. The maximum atomic E-state index is 13.3. The van der Waals surface area contributed by atoms with Gasteiger partial charge in [0, 0.05) is 43.3 Å². The summed E-state index contributed by atoms with van der Waals surface area (Å²) in [6.45, 7) is 6.05. The third-order valence-corrected chi connectivity index (χ3v) is 5.86. The number of hydrogen-bond acceptors (Lipinski definition) is 1. The molecule has 0 radical (unpaired) electrons. The van der Waals surface area contributed by atoms with Crippen molar-refractivity contribution in [1.82, 2.24) is 15.2 Å². The van der Waals surface area contributed by atoms with E-state index in [9.17, 15) is 4.39 Å². The molecule has 2 N–H and O–H groups in total. The number of rotatable bonds is 4. The van der Waals surface area contributed by atoms with Gasteiger partial charge in [0.05, 0.1) is 0 Å². The first-order valence-electron chi connectivity index (χ1n) is 9.48. The Balaban J connectivity index is 0.00000196. The van der Waals surface area contributed by atoms with E-state index >= 15 is 0 Å². The first-order valence-corrected chi connectivity index (χ1v) is 9.48. The quantitative estimate of drug-likeness (QED) is 0.398. The molecule has 1 saturated heterocycles. The molecule has 2 aromatic rings. The lowest BCUT2D eigenvalue weighted by Gasteiger charge is -2.38. The van der Waals surface area contributed by atoms with Gasteiger partial charge in [-0.15, -0.1) is 24.0 Å². The lowest BCUT2D eigenvalue weighted by Crippen LogP contribution is -2.42. The summed E-state index contributed by atoms with van der Waals surface area (Å²) >= 11 is 0. The second kappa shape index (κ2) is 8.15. The topological polar surface area (TPSA) is 43.4 Å². The van der Waals surface area contributed by atoms with Crippen LogP contribution in [0.5, 0.6) is 0 Å². The summed E-state index contributed by atoms with van der Waals surface area (Å²) in [5.41, 5.74) is 2.64. The molecule has 4 rings (SSSR count). The Morgan fingerprint density at radius 3 is 2.88 bits per heavy atom. The van der Waals surface area contributed by atoms with Gasteiger partial charge in [0.25, 0.3) is 0 Å². The average molecular weight is 470 g/mol. The number of aromatic nitrogens is 1. The Kier molecular flexibility index (Phi) is 6.10. The van der Waals surface area contributed by atoms with Crippen molar-refractivity contribution in [3.63, 3.8) is 0 Å². The highest BCUT2D eigenvalue weighted by atomic mass is 127. The molecule has 26 heavy (non-hydrogen) atoms. The molecule has 1 aromatic heterocycles. The third kappa shape index (κ3) is 3.85. The van der Waals surface area contributed by atoms with Crippen LogP contribution in [-0.2, 0) is 6.42 Å². The van der Waals surface area contributed by atoms with Crippen LogP contribution in [0.1, 0.15) is 38.2 Å². The lowest BCUT2D eigenvalue weighted by molar-refractivity contribution is 0.151. The molecule has 0 bridgehead atoms. The van der Waals surface area contributed by atoms with Gasteiger partial charge in [-0.2, -0.15) is 0 Å². The van der Waals surface area contributed by atoms with Crippen molar-refractivity contribution in [2.45, 2.75) is 39.0 Å². The van der Waals surface area contributed by atoms with Crippen LogP contribution < -0.4 is 5.32 Å². The predicted molar refractivity (Wildman–Crippen MR) is 116 cm³/mol. The van der Waals surface area contributed by atoms with Crippen molar-refractivity contribution in [3.05, 3.63) is 35.8 Å². The van der Waals surface area contributed by atoms with Gasteiger partial charge in [0.1, 0.15) is 5.82 Å². The molecule has 6 heteroatoms. The van der Waals surface area contributed by atoms with Crippen LogP contribution in [0.4, 0.5) is 4.39 Å². The fourth-order valence-electron chi connectivity index (χ4n) is 4.27. The van der Waals surface area contributed by atoms with Gasteiger partial charge in [-0.25, -0.2) is 4.39 Å². The number of nitrogens with zero attached hydrogens (tertiary/aromatic N) is 2. The molecule has 2 aliphatic rings. The number of aromatic amines is 1. The summed E-state index contributed by atoms with van der Waals surface area (Å²) in [6.07, 6.45) is 8.31. The van der Waals surface area contributed by atoms with E-state index in [0.29, 0.717) is 5.41 Å². The number of H-pyrrole nitrogens is 1. The molecule has 1 saturated carbocycles. The van der Waals surface area contributed by atoms with Crippen LogP contribution in [0.15, 0.2) is 29.4 Å². The Bertz CT molecular complexity index is 781. The first kappa shape index (κ1) is 19.5. The number of guanidine groups is 1. The van der Waals surface area contributed by atoms with Gasteiger partial charge in [0.2, 0.25) is 0 Å². The fourth-order valence-corrected chi connectivity index (χ4v) is 4.27. The number of benzene rings is 1. The number of hydrogen-bond donors (Lipinski definition) is 2. The third-order valence-electron chi connectivity index (χ3n) is 5.86. The summed E-state index contributed by atoms with van der Waals surface area (Å²) in [4.78, 5) is 10.5. The first-order chi connectivity index (χ1) is 12.2. The van der Waals surface area contributed by atoms with Crippen molar-refractivity contribution in [2.24, 2.45) is 10.4 Å². The Morgan fingerprint density at radius 2 is 2.19 bits per heavy atom. The Hall–Kier alpha value is -1.31. The molecule has 1 aliphatic heterocycles. The van der Waals surface area contributed by atoms with E-state index in [0.717, 1.165) is 49.5 Å². The van der Waals surface area contributed by atoms with Crippen molar-refractivity contribution < 1.29 is 4.39 Å². The lowest BCUT2D eigenvalue weighted by atomic mass is 9.68. The zero-order valence-corrected chi connectivity index (χ0v) is 17.7. The number of nitrogens with one attached hydrogen (secondary N) is 2. The zero-order valence-electron chi connectivity index (χ0n) is 15.4. The molecule has 1 aliphatic carbocycles. The molecule has 2 fully saturated rings. The van der Waals surface area contributed by atoms with Gasteiger partial charge in [-0.3, -0.25) is 4.99 Å². The SMILES string of the molecule is CCNC(=NCCc1c[nH]c2cc(F)ccc12)N1CCC2(CCC2)C1.I. The highest BCUT2D eigenvalue weighted by molar-refractivity contribution is 14.0. The van der Waals surface area contributed by atoms with Gasteiger partial charge in [-0.05, 0) is 61.8 Å². The summed E-state index contributed by atoms with van der Waals surface area (Å²) in [5.74, 6) is 0.851. The molecule has 0 amide bonds. The molecule has 0 atom stereocenters. The number of aliphatic imine (C=N–C) groups is 1. The summed E-state index contributed by atoms with van der Waals surface area (Å²) in [5, 5.41) is 4.55.